The van der Waals surface area contributed by atoms with Gasteiger partial charge in [-0.05, 0) is 49.2 Å². The molecule has 0 bridgehead atoms. The van der Waals surface area contributed by atoms with E-state index in [0.717, 1.165) is 22.3 Å². The van der Waals surface area contributed by atoms with Gasteiger partial charge in [0.25, 0.3) is 0 Å². The molecule has 0 saturated heterocycles. The van der Waals surface area contributed by atoms with Crippen LogP contribution in [0.3, 0.4) is 0 Å². The molecule has 136 valence electrons. The number of hydrogen-bond donors (Lipinski definition) is 1. The number of aryl methyl sites for hydroxylation is 2. The molecule has 0 aliphatic carbocycles. The summed E-state index contributed by atoms with van der Waals surface area (Å²) in [7, 11) is 1.56. The van der Waals surface area contributed by atoms with Gasteiger partial charge in [-0.25, -0.2) is 0 Å². The summed E-state index contributed by atoms with van der Waals surface area (Å²) < 4.78 is 5.31. The number of hydrogen-bond acceptors (Lipinski definition) is 4. The standard InChI is InChI=1S/C21H22O4S/c1-14-4-5-15(2)16(10-14)6-8-19(22)17-7-9-20(25-3)18(11-17)12-26-13-21(23)24/h4-11H,12-13H2,1-3H3,(H,23,24)/b8-6+. The van der Waals surface area contributed by atoms with Crippen LogP contribution in [0.2, 0.25) is 0 Å². The Hall–Kier alpha value is -2.53. The average Bonchev–Trinajstić information content (AvgIpc) is 2.61. The van der Waals surface area contributed by atoms with Crippen molar-refractivity contribution in [2.24, 2.45) is 0 Å². The normalized spacial score (nSPS) is 10.9. The highest BCUT2D eigenvalue weighted by atomic mass is 32.2. The van der Waals surface area contributed by atoms with Crippen LogP contribution in [0.15, 0.2) is 42.5 Å². The molecule has 5 heteroatoms. The Balaban J connectivity index is 2.18. The summed E-state index contributed by atoms with van der Waals surface area (Å²) in [5.74, 6) is 0.166. The van der Waals surface area contributed by atoms with E-state index >= 15 is 0 Å². The van der Waals surface area contributed by atoms with E-state index in [9.17, 15) is 9.59 Å². The SMILES string of the molecule is COc1ccc(C(=O)/C=C/c2cc(C)ccc2C)cc1CSCC(=O)O. The van der Waals surface area contributed by atoms with Crippen LogP contribution < -0.4 is 4.74 Å². The first-order valence-electron chi connectivity index (χ1n) is 8.17. The summed E-state index contributed by atoms with van der Waals surface area (Å²) in [4.78, 5) is 23.2. The molecule has 0 unspecified atom stereocenters. The van der Waals surface area contributed by atoms with Gasteiger partial charge in [-0.3, -0.25) is 9.59 Å². The fourth-order valence-corrected chi connectivity index (χ4v) is 3.22. The fraction of sp³-hybridized carbons (Fsp3) is 0.238. The van der Waals surface area contributed by atoms with Gasteiger partial charge in [0.2, 0.25) is 0 Å². The van der Waals surface area contributed by atoms with Crippen LogP contribution in [-0.4, -0.2) is 29.7 Å². The predicted molar refractivity (Wildman–Crippen MR) is 106 cm³/mol. The molecule has 0 heterocycles. The van der Waals surface area contributed by atoms with Crippen molar-refractivity contribution in [2.75, 3.05) is 12.9 Å². The lowest BCUT2D eigenvalue weighted by molar-refractivity contribution is -0.133. The minimum absolute atomic E-state index is 0.00780. The summed E-state index contributed by atoms with van der Waals surface area (Å²) in [5, 5.41) is 8.77. The second kappa shape index (κ2) is 9.25. The lowest BCUT2D eigenvalue weighted by Crippen LogP contribution is -2.01. The lowest BCUT2D eigenvalue weighted by atomic mass is 10.0. The van der Waals surface area contributed by atoms with Crippen molar-refractivity contribution in [3.63, 3.8) is 0 Å². The zero-order chi connectivity index (χ0) is 19.1. The maximum atomic E-state index is 12.5. The van der Waals surface area contributed by atoms with Gasteiger partial charge in [0.1, 0.15) is 5.75 Å². The number of carboxylic acid groups (broad SMARTS) is 1. The number of methoxy groups -OCH3 is 1. The van der Waals surface area contributed by atoms with Gasteiger partial charge >= 0.3 is 5.97 Å². The van der Waals surface area contributed by atoms with Gasteiger partial charge in [-0.15, -0.1) is 11.8 Å². The summed E-state index contributed by atoms with van der Waals surface area (Å²) >= 11 is 1.27. The van der Waals surface area contributed by atoms with Crippen LogP contribution in [0.1, 0.15) is 32.6 Å². The smallest absolute Gasteiger partial charge is 0.313 e. The Morgan fingerprint density at radius 2 is 1.92 bits per heavy atom. The highest BCUT2D eigenvalue weighted by Gasteiger charge is 2.10. The third kappa shape index (κ3) is 5.49. The molecule has 0 aliphatic heterocycles. The molecule has 0 atom stereocenters. The monoisotopic (exact) mass is 370 g/mol. The van der Waals surface area contributed by atoms with Crippen molar-refractivity contribution in [1.29, 1.82) is 0 Å². The second-order valence-corrected chi connectivity index (χ2v) is 6.96. The zero-order valence-corrected chi connectivity index (χ0v) is 15.9. The first kappa shape index (κ1) is 19.8. The molecule has 2 aromatic carbocycles. The number of ketones is 1. The van der Waals surface area contributed by atoms with Crippen LogP contribution in [0, 0.1) is 13.8 Å². The average molecular weight is 370 g/mol. The fourth-order valence-electron chi connectivity index (χ4n) is 2.49. The predicted octanol–water partition coefficient (Wildman–Crippen LogP) is 4.53. The van der Waals surface area contributed by atoms with Gasteiger partial charge in [-0.2, -0.15) is 0 Å². The highest BCUT2D eigenvalue weighted by molar-refractivity contribution is 7.99. The van der Waals surface area contributed by atoms with Crippen LogP contribution in [0.5, 0.6) is 5.75 Å². The van der Waals surface area contributed by atoms with Gasteiger partial charge in [0.05, 0.1) is 12.9 Å². The molecule has 0 fully saturated rings. The van der Waals surface area contributed by atoms with E-state index in [1.807, 2.05) is 38.1 Å². The molecule has 26 heavy (non-hydrogen) atoms. The quantitative estimate of drug-likeness (QED) is 0.546. The second-order valence-electron chi connectivity index (χ2n) is 5.97. The molecule has 1 N–H and O–H groups in total. The van der Waals surface area contributed by atoms with Gasteiger partial charge in [-0.1, -0.05) is 29.8 Å². The van der Waals surface area contributed by atoms with Crippen molar-refractivity contribution in [2.45, 2.75) is 19.6 Å². The number of carbonyl (C=O) groups is 2. The topological polar surface area (TPSA) is 63.6 Å². The third-order valence-corrected chi connectivity index (χ3v) is 4.86. The zero-order valence-electron chi connectivity index (χ0n) is 15.1. The van der Waals surface area contributed by atoms with Gasteiger partial charge in [0, 0.05) is 16.9 Å². The molecule has 0 aromatic heterocycles. The van der Waals surface area contributed by atoms with Crippen LogP contribution in [0.4, 0.5) is 0 Å². The molecule has 0 spiro atoms. The number of ether oxygens (including phenoxy) is 1. The van der Waals surface area contributed by atoms with Crippen LogP contribution in [-0.2, 0) is 10.5 Å². The maximum absolute atomic E-state index is 12.5. The number of carboxylic acids is 1. The first-order chi connectivity index (χ1) is 12.4. The summed E-state index contributed by atoms with van der Waals surface area (Å²) in [6.07, 6.45) is 3.39. The van der Waals surface area contributed by atoms with Crippen molar-refractivity contribution < 1.29 is 19.4 Å². The summed E-state index contributed by atoms with van der Waals surface area (Å²) in [6.45, 7) is 4.03. The minimum atomic E-state index is -0.863. The third-order valence-electron chi connectivity index (χ3n) is 3.90. The molecule has 0 amide bonds. The molecule has 0 aliphatic rings. The van der Waals surface area contributed by atoms with Crippen molar-refractivity contribution in [3.8, 4) is 5.75 Å². The number of allylic oxidation sites excluding steroid dienone is 1. The van der Waals surface area contributed by atoms with Gasteiger partial charge < -0.3 is 9.84 Å². The van der Waals surface area contributed by atoms with Crippen molar-refractivity contribution >= 4 is 29.6 Å². The molecule has 2 aromatic rings. The van der Waals surface area contributed by atoms with Crippen molar-refractivity contribution in [1.82, 2.24) is 0 Å². The molecule has 0 saturated carbocycles. The number of thioether (sulfide) groups is 1. The molecule has 4 nitrogen and oxygen atoms in total. The number of aliphatic carboxylic acids is 1. The van der Waals surface area contributed by atoms with E-state index in [4.69, 9.17) is 9.84 Å². The largest absolute Gasteiger partial charge is 0.496 e. The lowest BCUT2D eigenvalue weighted by Gasteiger charge is -2.09. The van der Waals surface area contributed by atoms with Crippen LogP contribution >= 0.6 is 11.8 Å². The first-order valence-corrected chi connectivity index (χ1v) is 9.32. The van der Waals surface area contributed by atoms with E-state index in [1.165, 1.54) is 11.8 Å². The van der Waals surface area contributed by atoms with Crippen molar-refractivity contribution in [3.05, 3.63) is 70.3 Å². The Morgan fingerprint density at radius 3 is 2.62 bits per heavy atom. The minimum Gasteiger partial charge on any atom is -0.496 e. The van der Waals surface area contributed by atoms with E-state index in [2.05, 4.69) is 0 Å². The summed E-state index contributed by atoms with van der Waals surface area (Å²) in [5.41, 5.74) is 4.64. The van der Waals surface area contributed by atoms with E-state index in [-0.39, 0.29) is 11.5 Å². The Bertz CT molecular complexity index is 840. The van der Waals surface area contributed by atoms with E-state index < -0.39 is 5.97 Å². The van der Waals surface area contributed by atoms with Crippen LogP contribution in [0.25, 0.3) is 6.08 Å². The Kier molecular flexibility index (Phi) is 7.04. The van der Waals surface area contributed by atoms with E-state index in [0.29, 0.717) is 17.1 Å². The number of carbonyl (C=O) groups excluding carboxylic acids is 1. The molecular weight excluding hydrogens is 348 g/mol. The maximum Gasteiger partial charge on any atom is 0.313 e. The Labute approximate surface area is 157 Å². The number of benzene rings is 2. The molecular formula is C21H22O4S. The number of rotatable bonds is 8. The molecule has 0 radical (unpaired) electrons. The van der Waals surface area contributed by atoms with E-state index in [1.54, 1.807) is 31.4 Å². The summed E-state index contributed by atoms with van der Waals surface area (Å²) in [6, 6.07) is 11.4. The molecule has 2 rings (SSSR count). The highest BCUT2D eigenvalue weighted by Crippen LogP contribution is 2.25. The Morgan fingerprint density at radius 1 is 1.15 bits per heavy atom. The van der Waals surface area contributed by atoms with Gasteiger partial charge in [0.15, 0.2) is 5.78 Å².